The Morgan fingerprint density at radius 2 is 1.81 bits per heavy atom. The molecule has 0 unspecified atom stereocenters. The van der Waals surface area contributed by atoms with Crippen molar-refractivity contribution in [1.29, 1.82) is 0 Å². The van der Waals surface area contributed by atoms with Crippen LogP contribution in [0.1, 0.15) is 46.5 Å². The number of amides is 1. The van der Waals surface area contributed by atoms with E-state index in [0.29, 0.717) is 6.42 Å². The highest BCUT2D eigenvalue weighted by Crippen LogP contribution is 1.98. The van der Waals surface area contributed by atoms with Crippen molar-refractivity contribution >= 4 is 11.7 Å². The average Bonchev–Trinajstić information content (AvgIpc) is 2.24. The van der Waals surface area contributed by atoms with E-state index in [1.807, 2.05) is 13.8 Å². The van der Waals surface area contributed by atoms with Gasteiger partial charge >= 0.3 is 0 Å². The number of ketones is 1. The van der Waals surface area contributed by atoms with Crippen LogP contribution in [0.4, 0.5) is 0 Å². The van der Waals surface area contributed by atoms with Crippen molar-refractivity contribution in [2.45, 2.75) is 52.5 Å². The highest BCUT2D eigenvalue weighted by Gasteiger charge is 2.05. The third kappa shape index (κ3) is 9.65. The molecule has 0 fully saturated rings. The molecule has 0 rings (SSSR count). The van der Waals surface area contributed by atoms with Gasteiger partial charge in [0.15, 0.2) is 5.78 Å². The summed E-state index contributed by atoms with van der Waals surface area (Å²) in [6, 6.07) is 0.283. The molecule has 0 radical (unpaired) electrons. The normalized spacial score (nSPS) is 10.5. The number of carbonyl (C=O) groups excluding carboxylic acids is 2. The van der Waals surface area contributed by atoms with Crippen LogP contribution in [0, 0.1) is 0 Å². The molecule has 0 aliphatic rings. The molecular weight excluding hydrogens is 204 g/mol. The number of hydrogen-bond acceptors (Lipinski definition) is 3. The zero-order valence-corrected chi connectivity index (χ0v) is 10.6. The van der Waals surface area contributed by atoms with Crippen LogP contribution in [0.5, 0.6) is 0 Å². The SMILES string of the molecule is CCCCCC(=O)CNC(=O)CNC(C)C. The minimum absolute atomic E-state index is 0.113. The summed E-state index contributed by atoms with van der Waals surface area (Å²) in [4.78, 5) is 22.6. The molecule has 0 aliphatic heterocycles. The van der Waals surface area contributed by atoms with Gasteiger partial charge in [0, 0.05) is 12.5 Å². The highest BCUT2D eigenvalue weighted by atomic mass is 16.2. The fourth-order valence-corrected chi connectivity index (χ4v) is 1.22. The molecule has 2 N–H and O–H groups in total. The van der Waals surface area contributed by atoms with Crippen molar-refractivity contribution < 1.29 is 9.59 Å². The smallest absolute Gasteiger partial charge is 0.234 e. The predicted octanol–water partition coefficient (Wildman–Crippen LogP) is 1.25. The molecule has 0 aromatic heterocycles. The summed E-state index contributed by atoms with van der Waals surface area (Å²) < 4.78 is 0. The standard InChI is InChI=1S/C12H24N2O2/c1-4-5-6-7-11(15)8-14-12(16)9-13-10(2)3/h10,13H,4-9H2,1-3H3,(H,14,16). The van der Waals surface area contributed by atoms with Gasteiger partial charge in [-0.05, 0) is 6.42 Å². The van der Waals surface area contributed by atoms with Gasteiger partial charge in [0.05, 0.1) is 13.1 Å². The zero-order valence-electron chi connectivity index (χ0n) is 10.6. The van der Waals surface area contributed by atoms with Gasteiger partial charge in [-0.3, -0.25) is 9.59 Å². The Labute approximate surface area is 98.2 Å². The Morgan fingerprint density at radius 1 is 1.12 bits per heavy atom. The molecule has 0 saturated heterocycles. The molecule has 4 heteroatoms. The van der Waals surface area contributed by atoms with Crippen molar-refractivity contribution in [2.24, 2.45) is 0 Å². The topological polar surface area (TPSA) is 58.2 Å². The van der Waals surface area contributed by atoms with Crippen LogP contribution in [0.15, 0.2) is 0 Å². The van der Waals surface area contributed by atoms with Crippen molar-refractivity contribution in [2.75, 3.05) is 13.1 Å². The molecule has 16 heavy (non-hydrogen) atoms. The van der Waals surface area contributed by atoms with E-state index >= 15 is 0 Å². The Balaban J connectivity index is 3.47. The van der Waals surface area contributed by atoms with Crippen LogP contribution in [-0.2, 0) is 9.59 Å². The number of rotatable bonds is 9. The second-order valence-electron chi connectivity index (χ2n) is 4.31. The van der Waals surface area contributed by atoms with E-state index in [0.717, 1.165) is 19.3 Å². The Morgan fingerprint density at radius 3 is 2.38 bits per heavy atom. The Bertz CT molecular complexity index is 215. The summed E-state index contributed by atoms with van der Waals surface area (Å²) in [5.41, 5.74) is 0. The van der Waals surface area contributed by atoms with Crippen LogP contribution >= 0.6 is 0 Å². The van der Waals surface area contributed by atoms with E-state index in [4.69, 9.17) is 0 Å². The van der Waals surface area contributed by atoms with E-state index in [2.05, 4.69) is 17.6 Å². The largest absolute Gasteiger partial charge is 0.348 e. The minimum Gasteiger partial charge on any atom is -0.348 e. The molecule has 0 aromatic carbocycles. The van der Waals surface area contributed by atoms with Crippen LogP contribution in [0.3, 0.4) is 0 Å². The van der Waals surface area contributed by atoms with Gasteiger partial charge in [-0.25, -0.2) is 0 Å². The number of hydrogen-bond donors (Lipinski definition) is 2. The summed E-state index contributed by atoms with van der Waals surface area (Å²) in [6.07, 6.45) is 3.69. The van der Waals surface area contributed by atoms with Crippen molar-refractivity contribution in [3.05, 3.63) is 0 Å². The van der Waals surface area contributed by atoms with Gasteiger partial charge in [-0.15, -0.1) is 0 Å². The lowest BCUT2D eigenvalue weighted by Gasteiger charge is -2.08. The molecule has 94 valence electrons. The Kier molecular flexibility index (Phi) is 8.81. The lowest BCUT2D eigenvalue weighted by Crippen LogP contribution is -2.39. The fraction of sp³-hybridized carbons (Fsp3) is 0.833. The van der Waals surface area contributed by atoms with E-state index in [9.17, 15) is 9.59 Å². The first-order valence-electron chi connectivity index (χ1n) is 6.08. The number of nitrogens with one attached hydrogen (secondary N) is 2. The van der Waals surface area contributed by atoms with Crippen molar-refractivity contribution in [3.8, 4) is 0 Å². The van der Waals surface area contributed by atoms with E-state index in [1.54, 1.807) is 0 Å². The summed E-state index contributed by atoms with van der Waals surface area (Å²) in [5.74, 6) is 0.00360. The van der Waals surface area contributed by atoms with Gasteiger partial charge in [0.25, 0.3) is 0 Å². The van der Waals surface area contributed by atoms with Gasteiger partial charge in [0.1, 0.15) is 0 Å². The van der Waals surface area contributed by atoms with Crippen molar-refractivity contribution in [3.63, 3.8) is 0 Å². The Hall–Kier alpha value is -0.900. The summed E-state index contributed by atoms with van der Waals surface area (Å²) in [6.45, 7) is 6.50. The number of unbranched alkanes of at least 4 members (excludes halogenated alkanes) is 2. The van der Waals surface area contributed by atoms with Crippen LogP contribution < -0.4 is 10.6 Å². The maximum atomic E-state index is 11.3. The molecule has 0 atom stereocenters. The fourth-order valence-electron chi connectivity index (χ4n) is 1.22. The third-order valence-electron chi connectivity index (χ3n) is 2.21. The van der Waals surface area contributed by atoms with Crippen molar-refractivity contribution in [1.82, 2.24) is 10.6 Å². The number of Topliss-reactive ketones (excluding diaryl/α,β-unsaturated/α-hetero) is 1. The first-order valence-corrected chi connectivity index (χ1v) is 6.08. The van der Waals surface area contributed by atoms with Crippen LogP contribution in [-0.4, -0.2) is 30.8 Å². The third-order valence-corrected chi connectivity index (χ3v) is 2.21. The van der Waals surface area contributed by atoms with E-state index < -0.39 is 0 Å². The molecule has 0 aliphatic carbocycles. The summed E-state index contributed by atoms with van der Waals surface area (Å²) >= 11 is 0. The summed E-state index contributed by atoms with van der Waals surface area (Å²) in [5, 5.41) is 5.61. The quantitative estimate of drug-likeness (QED) is 0.584. The van der Waals surface area contributed by atoms with Crippen LogP contribution in [0.25, 0.3) is 0 Å². The van der Waals surface area contributed by atoms with Crippen LogP contribution in [0.2, 0.25) is 0 Å². The van der Waals surface area contributed by atoms with Gasteiger partial charge < -0.3 is 10.6 Å². The van der Waals surface area contributed by atoms with E-state index in [-0.39, 0.29) is 30.8 Å². The molecule has 0 bridgehead atoms. The second kappa shape index (κ2) is 9.33. The zero-order chi connectivity index (χ0) is 12.4. The molecule has 1 amide bonds. The average molecular weight is 228 g/mol. The maximum Gasteiger partial charge on any atom is 0.234 e. The maximum absolute atomic E-state index is 11.3. The molecule has 4 nitrogen and oxygen atoms in total. The lowest BCUT2D eigenvalue weighted by atomic mass is 10.1. The first-order chi connectivity index (χ1) is 7.56. The van der Waals surface area contributed by atoms with E-state index in [1.165, 1.54) is 0 Å². The van der Waals surface area contributed by atoms with Gasteiger partial charge in [-0.1, -0.05) is 33.6 Å². The molecule has 0 heterocycles. The predicted molar refractivity (Wildman–Crippen MR) is 65.3 cm³/mol. The molecule has 0 aromatic rings. The molecule has 0 spiro atoms. The summed E-state index contributed by atoms with van der Waals surface area (Å²) in [7, 11) is 0. The molecule has 0 saturated carbocycles. The monoisotopic (exact) mass is 228 g/mol. The first kappa shape index (κ1) is 15.1. The molecular formula is C12H24N2O2. The number of carbonyl (C=O) groups is 2. The van der Waals surface area contributed by atoms with Gasteiger partial charge in [-0.2, -0.15) is 0 Å². The lowest BCUT2D eigenvalue weighted by molar-refractivity contribution is -0.124. The minimum atomic E-state index is -0.113. The van der Waals surface area contributed by atoms with Gasteiger partial charge in [0.2, 0.25) is 5.91 Å². The second-order valence-corrected chi connectivity index (χ2v) is 4.31. The highest BCUT2D eigenvalue weighted by molar-refractivity contribution is 5.86.